The molecule has 0 aliphatic carbocycles. The summed E-state index contributed by atoms with van der Waals surface area (Å²) in [5, 5.41) is 2.93. The maximum atomic E-state index is 12.6. The third-order valence-electron chi connectivity index (χ3n) is 6.83. The van der Waals surface area contributed by atoms with Gasteiger partial charge in [0.1, 0.15) is 11.5 Å². The zero-order chi connectivity index (χ0) is 26.4. The van der Waals surface area contributed by atoms with Gasteiger partial charge >= 0.3 is 0 Å². The quantitative estimate of drug-likeness (QED) is 0.403. The lowest BCUT2D eigenvalue weighted by molar-refractivity contribution is -0.118. The van der Waals surface area contributed by atoms with Crippen LogP contribution in [0.4, 0.5) is 5.69 Å². The Hall–Kier alpha value is -2.97. The molecule has 1 fully saturated rings. The van der Waals surface area contributed by atoms with E-state index in [1.807, 2.05) is 38.1 Å². The number of oxazole rings is 1. The number of benzene rings is 2. The van der Waals surface area contributed by atoms with Crippen LogP contribution in [0.2, 0.25) is 0 Å². The van der Waals surface area contributed by atoms with Crippen molar-refractivity contribution in [3.8, 4) is 11.5 Å². The van der Waals surface area contributed by atoms with Crippen LogP contribution in [0.5, 0.6) is 0 Å². The molecule has 1 atom stereocenters. The molecule has 3 aromatic rings. The van der Waals surface area contributed by atoms with E-state index in [-0.39, 0.29) is 17.4 Å². The van der Waals surface area contributed by atoms with Crippen LogP contribution >= 0.6 is 0 Å². The molecule has 0 radical (unpaired) electrons. The minimum atomic E-state index is -1.34. The second-order valence-corrected chi connectivity index (χ2v) is 11.4. The van der Waals surface area contributed by atoms with Gasteiger partial charge < -0.3 is 14.6 Å². The van der Waals surface area contributed by atoms with Crippen molar-refractivity contribution in [3.63, 3.8) is 0 Å². The molecule has 1 aromatic heterocycles. The van der Waals surface area contributed by atoms with Crippen molar-refractivity contribution in [1.82, 2.24) is 15.2 Å². The fourth-order valence-corrected chi connectivity index (χ4v) is 5.65. The van der Waals surface area contributed by atoms with Crippen molar-refractivity contribution >= 4 is 22.4 Å². The SMILES string of the molecule is Cc1ccc(-c2nc(C[S@](=O)CC(=O)NCCCN3CCN(c4cc(C)ccc4C)CC3)c(C)o2)cc1. The van der Waals surface area contributed by atoms with E-state index in [9.17, 15) is 9.00 Å². The summed E-state index contributed by atoms with van der Waals surface area (Å²) in [6.45, 7) is 13.8. The molecule has 1 aliphatic rings. The lowest BCUT2D eigenvalue weighted by atomic mass is 10.1. The number of hydrogen-bond donors (Lipinski definition) is 1. The van der Waals surface area contributed by atoms with Crippen molar-refractivity contribution in [3.05, 3.63) is 70.6 Å². The minimum absolute atomic E-state index is 0.0271. The highest BCUT2D eigenvalue weighted by Gasteiger charge is 2.19. The van der Waals surface area contributed by atoms with E-state index >= 15 is 0 Å². The number of nitrogens with zero attached hydrogens (tertiary/aromatic N) is 3. The first-order valence-corrected chi connectivity index (χ1v) is 14.5. The monoisotopic (exact) mass is 522 g/mol. The fourth-order valence-electron chi connectivity index (χ4n) is 4.59. The zero-order valence-corrected chi connectivity index (χ0v) is 23.2. The molecule has 4 rings (SSSR count). The predicted molar refractivity (Wildman–Crippen MR) is 150 cm³/mol. The summed E-state index contributed by atoms with van der Waals surface area (Å²) >= 11 is 0. The maximum Gasteiger partial charge on any atom is 0.232 e. The Labute approximate surface area is 222 Å². The molecule has 7 nitrogen and oxygen atoms in total. The normalized spacial score (nSPS) is 15.1. The molecule has 1 aliphatic heterocycles. The highest BCUT2D eigenvalue weighted by atomic mass is 32.2. The number of hydrogen-bond acceptors (Lipinski definition) is 6. The minimum Gasteiger partial charge on any atom is -0.441 e. The zero-order valence-electron chi connectivity index (χ0n) is 22.4. The van der Waals surface area contributed by atoms with Crippen LogP contribution in [-0.2, 0) is 21.3 Å². The van der Waals surface area contributed by atoms with Crippen LogP contribution in [0, 0.1) is 27.7 Å². The number of amides is 1. The molecule has 0 unspecified atom stereocenters. The van der Waals surface area contributed by atoms with Gasteiger partial charge in [-0.1, -0.05) is 29.8 Å². The smallest absolute Gasteiger partial charge is 0.232 e. The number of carbonyl (C=O) groups is 1. The first kappa shape index (κ1) is 27.1. The number of nitrogens with one attached hydrogen (secondary N) is 1. The summed E-state index contributed by atoms with van der Waals surface area (Å²) in [6, 6.07) is 14.6. The molecule has 0 saturated carbocycles. The van der Waals surface area contributed by atoms with Gasteiger partial charge in [0.25, 0.3) is 0 Å². The van der Waals surface area contributed by atoms with Crippen LogP contribution < -0.4 is 10.2 Å². The maximum absolute atomic E-state index is 12.6. The molecule has 198 valence electrons. The predicted octanol–water partition coefficient (Wildman–Crippen LogP) is 4.15. The van der Waals surface area contributed by atoms with Gasteiger partial charge in [0.2, 0.25) is 11.8 Å². The van der Waals surface area contributed by atoms with E-state index in [1.165, 1.54) is 16.8 Å². The van der Waals surface area contributed by atoms with Crippen LogP contribution in [0.3, 0.4) is 0 Å². The second-order valence-electron chi connectivity index (χ2n) is 9.94. The third-order valence-corrected chi connectivity index (χ3v) is 8.01. The molecular weight excluding hydrogens is 484 g/mol. The molecule has 0 bridgehead atoms. The number of rotatable bonds is 10. The van der Waals surface area contributed by atoms with Crippen LogP contribution in [0.1, 0.15) is 34.6 Å². The number of aryl methyl sites for hydroxylation is 4. The molecule has 37 heavy (non-hydrogen) atoms. The topological polar surface area (TPSA) is 78.7 Å². The Morgan fingerprint density at radius 2 is 1.70 bits per heavy atom. The fraction of sp³-hybridized carbons (Fsp3) is 0.448. The molecule has 1 N–H and O–H groups in total. The standard InChI is InChI=1S/C29H38N4O3S/c1-21-7-10-25(11-8-21)29-31-26(24(4)36-29)19-37(35)20-28(34)30-12-5-13-32-14-16-33(17-15-32)27-18-22(2)6-9-23(27)3/h6-11,18H,5,12-17,19-20H2,1-4H3,(H,30,34)/t37-/m0/s1. The van der Waals surface area contributed by atoms with E-state index in [4.69, 9.17) is 4.42 Å². The van der Waals surface area contributed by atoms with Crippen molar-refractivity contribution in [1.29, 1.82) is 0 Å². The highest BCUT2D eigenvalue weighted by Crippen LogP contribution is 2.24. The van der Waals surface area contributed by atoms with E-state index in [2.05, 4.69) is 52.1 Å². The van der Waals surface area contributed by atoms with Gasteiger partial charge in [0, 0.05) is 54.8 Å². The molecule has 2 heterocycles. The molecule has 1 amide bonds. The van der Waals surface area contributed by atoms with Crippen molar-refractivity contribution in [2.24, 2.45) is 0 Å². The summed E-state index contributed by atoms with van der Waals surface area (Å²) in [5.41, 5.74) is 6.64. The molecular formula is C29H38N4O3S. The van der Waals surface area contributed by atoms with Crippen molar-refractivity contribution in [2.75, 3.05) is 49.9 Å². The Bertz CT molecular complexity index is 1230. The van der Waals surface area contributed by atoms with E-state index < -0.39 is 10.8 Å². The Kier molecular flexibility index (Phi) is 9.16. The average molecular weight is 523 g/mol. The molecule has 8 heteroatoms. The van der Waals surface area contributed by atoms with Crippen LogP contribution in [0.15, 0.2) is 46.9 Å². The van der Waals surface area contributed by atoms with E-state index in [0.717, 1.165) is 50.3 Å². The molecule has 2 aromatic carbocycles. The number of piperazine rings is 1. The second kappa shape index (κ2) is 12.5. The number of aromatic nitrogens is 1. The lowest BCUT2D eigenvalue weighted by Gasteiger charge is -2.37. The Morgan fingerprint density at radius 1 is 1.00 bits per heavy atom. The van der Waals surface area contributed by atoms with Crippen LogP contribution in [0.25, 0.3) is 11.5 Å². The van der Waals surface area contributed by atoms with Gasteiger partial charge in [-0.25, -0.2) is 4.98 Å². The van der Waals surface area contributed by atoms with E-state index in [0.29, 0.717) is 23.9 Å². The first-order valence-electron chi connectivity index (χ1n) is 13.0. The average Bonchev–Trinajstić information content (AvgIpc) is 3.24. The number of carbonyl (C=O) groups excluding carboxylic acids is 1. The highest BCUT2D eigenvalue weighted by molar-refractivity contribution is 7.84. The largest absolute Gasteiger partial charge is 0.441 e. The molecule has 1 saturated heterocycles. The summed E-state index contributed by atoms with van der Waals surface area (Å²) in [7, 11) is -1.34. The van der Waals surface area contributed by atoms with Gasteiger partial charge in [-0.2, -0.15) is 0 Å². The van der Waals surface area contributed by atoms with Gasteiger partial charge in [0.15, 0.2) is 0 Å². The number of anilines is 1. The first-order chi connectivity index (χ1) is 17.8. The van der Waals surface area contributed by atoms with Crippen LogP contribution in [-0.4, -0.2) is 65.0 Å². The molecule has 0 spiro atoms. The summed E-state index contributed by atoms with van der Waals surface area (Å²) in [4.78, 5) is 21.8. The van der Waals surface area contributed by atoms with Gasteiger partial charge in [0.05, 0.1) is 11.4 Å². The van der Waals surface area contributed by atoms with Crippen molar-refractivity contribution < 1.29 is 13.4 Å². The summed E-state index contributed by atoms with van der Waals surface area (Å²) in [5.74, 6) is 1.16. The Morgan fingerprint density at radius 3 is 2.43 bits per heavy atom. The lowest BCUT2D eigenvalue weighted by Crippen LogP contribution is -2.47. The van der Waals surface area contributed by atoms with Gasteiger partial charge in [-0.15, -0.1) is 0 Å². The van der Waals surface area contributed by atoms with Gasteiger partial charge in [-0.05, 0) is 70.0 Å². The van der Waals surface area contributed by atoms with Gasteiger partial charge in [-0.3, -0.25) is 13.9 Å². The third kappa shape index (κ3) is 7.52. The Balaban J connectivity index is 1.14. The van der Waals surface area contributed by atoms with E-state index in [1.54, 1.807) is 0 Å². The van der Waals surface area contributed by atoms with Crippen molar-refractivity contribution in [2.45, 2.75) is 39.9 Å². The summed E-state index contributed by atoms with van der Waals surface area (Å²) < 4.78 is 18.4. The summed E-state index contributed by atoms with van der Waals surface area (Å²) in [6.07, 6.45) is 0.879.